The van der Waals surface area contributed by atoms with E-state index in [1.165, 1.54) is 0 Å². The van der Waals surface area contributed by atoms with Crippen LogP contribution in [0.25, 0.3) is 0 Å². The zero-order valence-corrected chi connectivity index (χ0v) is 12.7. The number of benzene rings is 1. The van der Waals surface area contributed by atoms with Crippen LogP contribution in [0.15, 0.2) is 29.2 Å². The molecule has 0 aromatic heterocycles. The summed E-state index contributed by atoms with van der Waals surface area (Å²) >= 11 is 0. The average Bonchev–Trinajstić information content (AvgIpc) is 2.43. The van der Waals surface area contributed by atoms with E-state index in [1.807, 2.05) is 6.92 Å². The Labute approximate surface area is 116 Å². The van der Waals surface area contributed by atoms with Crippen molar-refractivity contribution in [1.29, 1.82) is 0 Å². The minimum Gasteiger partial charge on any atom is -0.497 e. The summed E-state index contributed by atoms with van der Waals surface area (Å²) in [6, 6.07) is 6.55. The molecule has 0 saturated heterocycles. The van der Waals surface area contributed by atoms with Gasteiger partial charge in [0.05, 0.1) is 12.0 Å². The lowest BCUT2D eigenvalue weighted by molar-refractivity contribution is 0.401. The standard InChI is InChI=1S/C14H23NO3S/c1-4-6-12-15(11-5-2)19(16,17)14-9-7-13(18-3)8-10-14/h7-10H,4-6,11-12H2,1-3H3. The topological polar surface area (TPSA) is 46.6 Å². The number of methoxy groups -OCH3 is 1. The molecule has 0 spiro atoms. The summed E-state index contributed by atoms with van der Waals surface area (Å²) in [6.45, 7) is 5.19. The molecule has 0 N–H and O–H groups in total. The highest BCUT2D eigenvalue weighted by Gasteiger charge is 2.22. The summed E-state index contributed by atoms with van der Waals surface area (Å²) in [6.07, 6.45) is 2.69. The zero-order valence-electron chi connectivity index (χ0n) is 11.9. The largest absolute Gasteiger partial charge is 0.497 e. The van der Waals surface area contributed by atoms with E-state index < -0.39 is 10.0 Å². The van der Waals surface area contributed by atoms with Gasteiger partial charge >= 0.3 is 0 Å². The van der Waals surface area contributed by atoms with E-state index in [9.17, 15) is 8.42 Å². The molecule has 19 heavy (non-hydrogen) atoms. The molecule has 0 aliphatic carbocycles. The molecule has 0 heterocycles. The van der Waals surface area contributed by atoms with E-state index in [4.69, 9.17) is 4.74 Å². The van der Waals surface area contributed by atoms with E-state index in [0.29, 0.717) is 23.7 Å². The molecule has 108 valence electrons. The van der Waals surface area contributed by atoms with Crippen LogP contribution in [-0.2, 0) is 10.0 Å². The summed E-state index contributed by atoms with van der Waals surface area (Å²) in [7, 11) is -1.82. The van der Waals surface area contributed by atoms with Crippen molar-refractivity contribution >= 4 is 10.0 Å². The highest BCUT2D eigenvalue weighted by molar-refractivity contribution is 7.89. The van der Waals surface area contributed by atoms with Gasteiger partial charge in [0.2, 0.25) is 10.0 Å². The van der Waals surface area contributed by atoms with Crippen molar-refractivity contribution < 1.29 is 13.2 Å². The van der Waals surface area contributed by atoms with Crippen molar-refractivity contribution in [2.75, 3.05) is 20.2 Å². The molecular weight excluding hydrogens is 262 g/mol. The van der Waals surface area contributed by atoms with Gasteiger partial charge in [0.15, 0.2) is 0 Å². The number of hydrogen-bond acceptors (Lipinski definition) is 3. The molecule has 0 aliphatic rings. The number of ether oxygens (including phenoxy) is 1. The first kappa shape index (κ1) is 16.0. The number of sulfonamides is 1. The van der Waals surface area contributed by atoms with E-state index in [1.54, 1.807) is 35.7 Å². The fourth-order valence-corrected chi connectivity index (χ4v) is 3.40. The fraction of sp³-hybridized carbons (Fsp3) is 0.571. The third kappa shape index (κ3) is 4.21. The number of rotatable bonds is 8. The van der Waals surface area contributed by atoms with Gasteiger partial charge in [-0.3, -0.25) is 0 Å². The van der Waals surface area contributed by atoms with E-state index >= 15 is 0 Å². The van der Waals surface area contributed by atoms with Crippen LogP contribution < -0.4 is 4.74 Å². The molecule has 0 saturated carbocycles. The molecule has 0 unspecified atom stereocenters. The van der Waals surface area contributed by atoms with Gasteiger partial charge in [0.25, 0.3) is 0 Å². The Hall–Kier alpha value is -1.07. The van der Waals surface area contributed by atoms with E-state index in [0.717, 1.165) is 19.3 Å². The predicted octanol–water partition coefficient (Wildman–Crippen LogP) is 2.90. The van der Waals surface area contributed by atoms with Gasteiger partial charge in [-0.2, -0.15) is 4.31 Å². The molecule has 0 aliphatic heterocycles. The molecule has 1 rings (SSSR count). The van der Waals surface area contributed by atoms with Crippen LogP contribution in [0.4, 0.5) is 0 Å². The summed E-state index contributed by atoms with van der Waals surface area (Å²) < 4.78 is 31.6. The molecule has 0 atom stereocenters. The van der Waals surface area contributed by atoms with Crippen LogP contribution in [0, 0.1) is 0 Å². The lowest BCUT2D eigenvalue weighted by atomic mass is 10.3. The molecule has 0 radical (unpaired) electrons. The van der Waals surface area contributed by atoms with Crippen LogP contribution in [0.2, 0.25) is 0 Å². The molecule has 0 amide bonds. The van der Waals surface area contributed by atoms with Crippen molar-refractivity contribution in [1.82, 2.24) is 4.31 Å². The number of hydrogen-bond donors (Lipinski definition) is 0. The molecular formula is C14H23NO3S. The van der Waals surface area contributed by atoms with Crippen LogP contribution in [0.1, 0.15) is 33.1 Å². The van der Waals surface area contributed by atoms with Crippen molar-refractivity contribution in [3.05, 3.63) is 24.3 Å². The monoisotopic (exact) mass is 285 g/mol. The lowest BCUT2D eigenvalue weighted by Gasteiger charge is -2.21. The Morgan fingerprint density at radius 1 is 1.05 bits per heavy atom. The van der Waals surface area contributed by atoms with Gasteiger partial charge < -0.3 is 4.74 Å². The Morgan fingerprint density at radius 3 is 2.16 bits per heavy atom. The Bertz CT molecular complexity index is 468. The highest BCUT2D eigenvalue weighted by Crippen LogP contribution is 2.20. The molecule has 4 nitrogen and oxygen atoms in total. The van der Waals surface area contributed by atoms with Gasteiger partial charge in [-0.15, -0.1) is 0 Å². The van der Waals surface area contributed by atoms with Gasteiger partial charge in [-0.25, -0.2) is 8.42 Å². The second-order valence-electron chi connectivity index (χ2n) is 4.43. The summed E-state index contributed by atoms with van der Waals surface area (Å²) in [5, 5.41) is 0. The normalized spacial score (nSPS) is 11.8. The maximum absolute atomic E-state index is 12.5. The van der Waals surface area contributed by atoms with Crippen LogP contribution >= 0.6 is 0 Å². The number of unbranched alkanes of at least 4 members (excludes halogenated alkanes) is 1. The third-order valence-electron chi connectivity index (χ3n) is 2.93. The van der Waals surface area contributed by atoms with Crippen LogP contribution in [0.5, 0.6) is 5.75 Å². The maximum Gasteiger partial charge on any atom is 0.243 e. The van der Waals surface area contributed by atoms with E-state index in [2.05, 4.69) is 6.92 Å². The first-order chi connectivity index (χ1) is 9.06. The smallest absolute Gasteiger partial charge is 0.243 e. The third-order valence-corrected chi connectivity index (χ3v) is 4.84. The SMILES string of the molecule is CCCCN(CCC)S(=O)(=O)c1ccc(OC)cc1. The van der Waals surface area contributed by atoms with Gasteiger partial charge in [-0.05, 0) is 37.1 Å². The zero-order chi connectivity index (χ0) is 14.3. The first-order valence-electron chi connectivity index (χ1n) is 6.70. The molecule has 1 aromatic carbocycles. The van der Waals surface area contributed by atoms with Crippen molar-refractivity contribution in [2.24, 2.45) is 0 Å². The Kier molecular flexibility index (Phi) is 6.31. The van der Waals surface area contributed by atoms with Gasteiger partial charge in [0, 0.05) is 13.1 Å². The first-order valence-corrected chi connectivity index (χ1v) is 8.14. The molecule has 1 aromatic rings. The van der Waals surface area contributed by atoms with Crippen molar-refractivity contribution in [2.45, 2.75) is 38.0 Å². The van der Waals surface area contributed by atoms with Crippen molar-refractivity contribution in [3.8, 4) is 5.75 Å². The Morgan fingerprint density at radius 2 is 1.68 bits per heavy atom. The highest BCUT2D eigenvalue weighted by atomic mass is 32.2. The fourth-order valence-electron chi connectivity index (χ4n) is 1.83. The maximum atomic E-state index is 12.5. The lowest BCUT2D eigenvalue weighted by Crippen LogP contribution is -2.32. The minimum absolute atomic E-state index is 0.331. The summed E-state index contributed by atoms with van der Waals surface area (Å²) in [4.78, 5) is 0.331. The predicted molar refractivity (Wildman–Crippen MR) is 77.0 cm³/mol. The Balaban J connectivity index is 2.96. The quantitative estimate of drug-likeness (QED) is 0.738. The molecule has 0 bridgehead atoms. The number of nitrogens with zero attached hydrogens (tertiary/aromatic N) is 1. The van der Waals surface area contributed by atoms with Crippen LogP contribution in [-0.4, -0.2) is 32.9 Å². The molecule has 5 heteroatoms. The second kappa shape index (κ2) is 7.50. The van der Waals surface area contributed by atoms with Gasteiger partial charge in [-0.1, -0.05) is 20.3 Å². The summed E-state index contributed by atoms with van der Waals surface area (Å²) in [5.74, 6) is 0.662. The van der Waals surface area contributed by atoms with Gasteiger partial charge in [0.1, 0.15) is 5.75 Å². The second-order valence-corrected chi connectivity index (χ2v) is 6.37. The summed E-state index contributed by atoms with van der Waals surface area (Å²) in [5.41, 5.74) is 0. The van der Waals surface area contributed by atoms with Crippen molar-refractivity contribution in [3.63, 3.8) is 0 Å². The minimum atomic E-state index is -3.38. The van der Waals surface area contributed by atoms with Crippen LogP contribution in [0.3, 0.4) is 0 Å². The average molecular weight is 285 g/mol. The van der Waals surface area contributed by atoms with E-state index in [-0.39, 0.29) is 0 Å². The molecule has 0 fully saturated rings.